The number of amides is 1. The molecule has 0 saturated carbocycles. The van der Waals surface area contributed by atoms with E-state index in [0.717, 1.165) is 12.1 Å². The molecule has 0 radical (unpaired) electrons. The molecule has 1 amide bonds. The molecule has 2 aromatic rings. The van der Waals surface area contributed by atoms with Crippen molar-refractivity contribution in [3.8, 4) is 0 Å². The maximum Gasteiger partial charge on any atom is 0.416 e. The van der Waals surface area contributed by atoms with E-state index < -0.39 is 23.8 Å². The van der Waals surface area contributed by atoms with Crippen LogP contribution in [0.4, 0.5) is 18.9 Å². The lowest BCUT2D eigenvalue weighted by Crippen LogP contribution is -2.63. The zero-order valence-electron chi connectivity index (χ0n) is 11.7. The molecule has 0 aromatic heterocycles. The summed E-state index contributed by atoms with van der Waals surface area (Å²) in [6.07, 6.45) is -4.40. The average Bonchev–Trinajstić information content (AvgIpc) is 2.52. The van der Waals surface area contributed by atoms with Gasteiger partial charge in [-0.05, 0) is 42.0 Å². The van der Waals surface area contributed by atoms with Crippen LogP contribution in [-0.2, 0) is 11.0 Å². The Hall–Kier alpha value is -2.05. The molecule has 120 valence electrons. The van der Waals surface area contributed by atoms with Crippen molar-refractivity contribution in [1.29, 1.82) is 0 Å². The molecule has 23 heavy (non-hydrogen) atoms. The van der Waals surface area contributed by atoms with Gasteiger partial charge in [-0.3, -0.25) is 4.79 Å². The van der Waals surface area contributed by atoms with Crippen LogP contribution in [0.2, 0.25) is 5.02 Å². The lowest BCUT2D eigenvalue weighted by atomic mass is 9.88. The highest BCUT2D eigenvalue weighted by Gasteiger charge is 2.46. The lowest BCUT2D eigenvalue weighted by Gasteiger charge is -2.45. The Morgan fingerprint density at radius 3 is 2.09 bits per heavy atom. The van der Waals surface area contributed by atoms with Crippen LogP contribution in [0.5, 0.6) is 0 Å². The van der Waals surface area contributed by atoms with Crippen molar-refractivity contribution in [2.45, 2.75) is 18.3 Å². The number of nitrogens with zero attached hydrogens (tertiary/aromatic N) is 1. The summed E-state index contributed by atoms with van der Waals surface area (Å²) in [6, 6.07) is 10.0. The minimum absolute atomic E-state index is 0.280. The number of hydrogen-bond acceptors (Lipinski definition) is 2. The second kappa shape index (κ2) is 5.54. The molecule has 1 heterocycles. The van der Waals surface area contributed by atoms with Crippen LogP contribution in [0.25, 0.3) is 0 Å². The highest BCUT2D eigenvalue weighted by Crippen LogP contribution is 2.39. The number of halogens is 4. The summed E-state index contributed by atoms with van der Waals surface area (Å²) >= 11 is 5.82. The number of carbonyl (C=O) groups is 1. The topological polar surface area (TPSA) is 46.3 Å². The summed E-state index contributed by atoms with van der Waals surface area (Å²) in [5, 5.41) is 0.525. The maximum absolute atomic E-state index is 12.6. The van der Waals surface area contributed by atoms with Crippen LogP contribution >= 0.6 is 11.6 Å². The molecular formula is C16H12ClF3N2O. The SMILES string of the molecule is N[C@H]1C(=O)N(c2ccc(Cl)cc2)[C@@H]1c1ccc(C(F)(F)F)cc1. The fraction of sp³-hybridized carbons (Fsp3) is 0.188. The fourth-order valence-electron chi connectivity index (χ4n) is 2.63. The van der Waals surface area contributed by atoms with Gasteiger partial charge in [-0.25, -0.2) is 0 Å². The standard InChI is InChI=1S/C16H12ClF3N2O/c17-11-5-7-12(8-6-11)22-14(13(21)15(22)23)9-1-3-10(4-2-9)16(18,19)20/h1-8,13-14H,21H2/t13-,14-/m1/s1. The Morgan fingerprint density at radius 2 is 1.57 bits per heavy atom. The molecule has 1 saturated heterocycles. The number of anilines is 1. The largest absolute Gasteiger partial charge is 0.416 e. The molecular weight excluding hydrogens is 329 g/mol. The second-order valence-corrected chi connectivity index (χ2v) is 5.71. The number of nitrogens with two attached hydrogens (primary N) is 1. The highest BCUT2D eigenvalue weighted by molar-refractivity contribution is 6.30. The van der Waals surface area contributed by atoms with Crippen molar-refractivity contribution in [3.05, 3.63) is 64.7 Å². The van der Waals surface area contributed by atoms with Gasteiger partial charge >= 0.3 is 6.18 Å². The molecule has 2 N–H and O–H groups in total. The van der Waals surface area contributed by atoms with Gasteiger partial charge in [0.15, 0.2) is 0 Å². The molecule has 2 aromatic carbocycles. The number of hydrogen-bond donors (Lipinski definition) is 1. The lowest BCUT2D eigenvalue weighted by molar-refractivity contribution is -0.137. The van der Waals surface area contributed by atoms with Gasteiger partial charge in [0.1, 0.15) is 6.04 Å². The Kier molecular flexibility index (Phi) is 3.82. The van der Waals surface area contributed by atoms with Crippen LogP contribution in [0, 0.1) is 0 Å². The summed E-state index contributed by atoms with van der Waals surface area (Å²) in [4.78, 5) is 13.5. The first-order valence-electron chi connectivity index (χ1n) is 6.80. The number of benzene rings is 2. The van der Waals surface area contributed by atoms with E-state index in [1.807, 2.05) is 0 Å². The Bertz CT molecular complexity index is 728. The van der Waals surface area contributed by atoms with Crippen molar-refractivity contribution in [3.63, 3.8) is 0 Å². The summed E-state index contributed by atoms with van der Waals surface area (Å²) < 4.78 is 37.9. The molecule has 1 fully saturated rings. The number of carbonyl (C=O) groups excluding carboxylic acids is 1. The highest BCUT2D eigenvalue weighted by atomic mass is 35.5. The van der Waals surface area contributed by atoms with Gasteiger partial charge in [0.25, 0.3) is 0 Å². The molecule has 7 heteroatoms. The first-order valence-corrected chi connectivity index (χ1v) is 7.18. The average molecular weight is 341 g/mol. The van der Waals surface area contributed by atoms with Gasteiger partial charge in [-0.15, -0.1) is 0 Å². The molecule has 3 rings (SSSR count). The van der Waals surface area contributed by atoms with E-state index in [-0.39, 0.29) is 5.91 Å². The van der Waals surface area contributed by atoms with E-state index in [0.29, 0.717) is 16.3 Å². The minimum atomic E-state index is -4.40. The van der Waals surface area contributed by atoms with Crippen molar-refractivity contribution >= 4 is 23.2 Å². The first-order chi connectivity index (χ1) is 10.8. The molecule has 3 nitrogen and oxygen atoms in total. The van der Waals surface area contributed by atoms with Gasteiger partial charge < -0.3 is 10.6 Å². The third-order valence-electron chi connectivity index (χ3n) is 3.83. The van der Waals surface area contributed by atoms with Crippen LogP contribution in [0.3, 0.4) is 0 Å². The van der Waals surface area contributed by atoms with Crippen molar-refractivity contribution in [1.82, 2.24) is 0 Å². The van der Waals surface area contributed by atoms with Crippen molar-refractivity contribution in [2.75, 3.05) is 4.90 Å². The van der Waals surface area contributed by atoms with Gasteiger partial charge in [0.2, 0.25) is 5.91 Å². The van der Waals surface area contributed by atoms with Gasteiger partial charge in [-0.2, -0.15) is 13.2 Å². The van der Waals surface area contributed by atoms with E-state index in [4.69, 9.17) is 17.3 Å². The van der Waals surface area contributed by atoms with Crippen LogP contribution < -0.4 is 10.6 Å². The summed E-state index contributed by atoms with van der Waals surface area (Å²) in [6.45, 7) is 0. The van der Waals surface area contributed by atoms with Gasteiger partial charge in [0, 0.05) is 10.7 Å². The quantitative estimate of drug-likeness (QED) is 0.846. The predicted octanol–water partition coefficient (Wildman–Crippen LogP) is 3.77. The molecule has 2 atom stereocenters. The maximum atomic E-state index is 12.6. The van der Waals surface area contributed by atoms with Gasteiger partial charge in [0.05, 0.1) is 11.6 Å². The van der Waals surface area contributed by atoms with Crippen molar-refractivity contribution < 1.29 is 18.0 Å². The van der Waals surface area contributed by atoms with Crippen molar-refractivity contribution in [2.24, 2.45) is 5.73 Å². The molecule has 0 spiro atoms. The second-order valence-electron chi connectivity index (χ2n) is 5.28. The molecule has 1 aliphatic heterocycles. The van der Waals surface area contributed by atoms with Gasteiger partial charge in [-0.1, -0.05) is 23.7 Å². The Morgan fingerprint density at radius 1 is 1.00 bits per heavy atom. The van der Waals surface area contributed by atoms with E-state index in [1.165, 1.54) is 17.0 Å². The minimum Gasteiger partial charge on any atom is -0.318 e. The van der Waals surface area contributed by atoms with Crippen LogP contribution in [0.1, 0.15) is 17.2 Å². The number of β-lactam (4-membered cyclic amide) rings is 1. The zero-order chi connectivity index (χ0) is 16.8. The third-order valence-corrected chi connectivity index (χ3v) is 4.08. The van der Waals surface area contributed by atoms with E-state index >= 15 is 0 Å². The Balaban J connectivity index is 1.91. The molecule has 0 aliphatic carbocycles. The summed E-state index contributed by atoms with van der Waals surface area (Å²) in [7, 11) is 0. The molecule has 0 bridgehead atoms. The molecule has 0 unspecified atom stereocenters. The van der Waals surface area contributed by atoms with E-state index in [1.54, 1.807) is 24.3 Å². The normalized spacial score (nSPS) is 21.3. The van der Waals surface area contributed by atoms with E-state index in [9.17, 15) is 18.0 Å². The van der Waals surface area contributed by atoms with E-state index in [2.05, 4.69) is 0 Å². The smallest absolute Gasteiger partial charge is 0.318 e. The third kappa shape index (κ3) is 2.80. The zero-order valence-corrected chi connectivity index (χ0v) is 12.5. The monoisotopic (exact) mass is 340 g/mol. The first kappa shape index (κ1) is 15.8. The van der Waals surface area contributed by atoms with Crippen LogP contribution in [-0.4, -0.2) is 11.9 Å². The number of alkyl halides is 3. The molecule has 1 aliphatic rings. The summed E-state index contributed by atoms with van der Waals surface area (Å²) in [5.74, 6) is -0.280. The predicted molar refractivity (Wildman–Crippen MR) is 81.1 cm³/mol. The van der Waals surface area contributed by atoms with Crippen LogP contribution in [0.15, 0.2) is 48.5 Å². The number of rotatable bonds is 2. The fourth-order valence-corrected chi connectivity index (χ4v) is 2.75. The summed E-state index contributed by atoms with van der Waals surface area (Å²) in [5.41, 5.74) is 6.26. The Labute approximate surface area is 135 Å².